The van der Waals surface area contributed by atoms with Crippen molar-refractivity contribution in [3.63, 3.8) is 0 Å². The predicted molar refractivity (Wildman–Crippen MR) is 167 cm³/mol. The van der Waals surface area contributed by atoms with E-state index >= 15 is 0 Å². The minimum Gasteiger partial charge on any atom is -0.486 e. The molecule has 0 saturated heterocycles. The minimum atomic E-state index is -4.40. The predicted octanol–water partition coefficient (Wildman–Crippen LogP) is 5.82. The average molecular weight is 667 g/mol. The summed E-state index contributed by atoms with van der Waals surface area (Å²) in [5.41, 5.74) is 0.645. The number of nitrogens with zero attached hydrogens (tertiary/aromatic N) is 2. The van der Waals surface area contributed by atoms with Gasteiger partial charge in [-0.1, -0.05) is 43.1 Å². The Morgan fingerprint density at radius 1 is 0.932 bits per heavy atom. The molecule has 0 saturated carbocycles. The highest BCUT2D eigenvalue weighted by Crippen LogP contribution is 2.34. The number of nitrogens with one attached hydrogen (secondary N) is 1. The fourth-order valence-corrected chi connectivity index (χ4v) is 6.39. The van der Waals surface area contributed by atoms with Crippen molar-refractivity contribution in [2.75, 3.05) is 24.1 Å². The SMILES string of the molecule is CC[C@@H](C)NC(=O)[C@H](CC)N(Cc1ccc(Cl)c(Cl)c1)C(=O)CN(c1ccc(F)cc1)S(=O)(=O)c1ccc2c(c1)OCCO2. The quantitative estimate of drug-likeness (QED) is 0.261. The molecule has 4 rings (SSSR count). The summed E-state index contributed by atoms with van der Waals surface area (Å²) >= 11 is 12.3. The molecule has 0 bridgehead atoms. The number of benzene rings is 3. The van der Waals surface area contributed by atoms with Crippen LogP contribution in [0.15, 0.2) is 65.6 Å². The van der Waals surface area contributed by atoms with Crippen LogP contribution in [0.5, 0.6) is 11.5 Å². The zero-order chi connectivity index (χ0) is 32.0. The van der Waals surface area contributed by atoms with Gasteiger partial charge in [-0.05, 0) is 73.9 Å². The number of rotatable bonds is 12. The first-order chi connectivity index (χ1) is 20.9. The molecule has 9 nitrogen and oxygen atoms in total. The lowest BCUT2D eigenvalue weighted by Crippen LogP contribution is -2.53. The topological polar surface area (TPSA) is 105 Å². The lowest BCUT2D eigenvalue weighted by atomic mass is 10.1. The molecule has 1 aliphatic heterocycles. The molecule has 13 heteroatoms. The fraction of sp³-hybridized carbons (Fsp3) is 0.355. The molecule has 0 radical (unpaired) electrons. The number of hydrogen-bond donors (Lipinski definition) is 1. The van der Waals surface area contributed by atoms with Gasteiger partial charge in [0.2, 0.25) is 11.8 Å². The molecular weight excluding hydrogens is 632 g/mol. The molecule has 2 atom stereocenters. The van der Waals surface area contributed by atoms with Crippen molar-refractivity contribution in [3.05, 3.63) is 82.1 Å². The molecule has 44 heavy (non-hydrogen) atoms. The summed E-state index contributed by atoms with van der Waals surface area (Å²) in [6.07, 6.45) is 0.926. The highest BCUT2D eigenvalue weighted by Gasteiger charge is 2.34. The van der Waals surface area contributed by atoms with E-state index in [2.05, 4.69) is 5.32 Å². The van der Waals surface area contributed by atoms with Crippen molar-refractivity contribution < 1.29 is 31.9 Å². The van der Waals surface area contributed by atoms with Crippen LogP contribution in [0.2, 0.25) is 10.0 Å². The largest absolute Gasteiger partial charge is 0.486 e. The van der Waals surface area contributed by atoms with Gasteiger partial charge in [0, 0.05) is 18.7 Å². The molecule has 3 aromatic carbocycles. The van der Waals surface area contributed by atoms with Crippen molar-refractivity contribution in [2.45, 2.75) is 57.1 Å². The number of amides is 2. The van der Waals surface area contributed by atoms with Gasteiger partial charge < -0.3 is 19.7 Å². The lowest BCUT2D eigenvalue weighted by molar-refractivity contribution is -0.140. The molecule has 3 aromatic rings. The fourth-order valence-electron chi connectivity index (χ4n) is 4.64. The third kappa shape index (κ3) is 7.75. The standard InChI is InChI=1S/C31H34Cl2FN3O6S/c1-4-20(3)35-31(39)27(5-2)36(18-21-6-12-25(32)26(33)16-21)30(38)19-37(23-9-7-22(34)8-10-23)44(40,41)24-11-13-28-29(17-24)43-15-14-42-28/h6-13,16-17,20,27H,4-5,14-15,18-19H2,1-3H3,(H,35,39)/t20-,27+/m1/s1. The van der Waals surface area contributed by atoms with E-state index < -0.39 is 34.3 Å². The van der Waals surface area contributed by atoms with E-state index in [4.69, 9.17) is 32.7 Å². The molecule has 1 N–H and O–H groups in total. The molecule has 0 fully saturated rings. The van der Waals surface area contributed by atoms with Crippen molar-refractivity contribution in [1.82, 2.24) is 10.2 Å². The Morgan fingerprint density at radius 3 is 2.25 bits per heavy atom. The van der Waals surface area contributed by atoms with Crippen molar-refractivity contribution in [2.24, 2.45) is 0 Å². The van der Waals surface area contributed by atoms with Gasteiger partial charge in [-0.15, -0.1) is 0 Å². The smallest absolute Gasteiger partial charge is 0.264 e. The Bertz CT molecular complexity index is 1610. The van der Waals surface area contributed by atoms with Crippen LogP contribution in [0.4, 0.5) is 10.1 Å². The van der Waals surface area contributed by atoms with E-state index in [1.165, 1.54) is 35.2 Å². The van der Waals surface area contributed by atoms with Crippen LogP contribution in [0, 0.1) is 5.82 Å². The molecule has 0 aliphatic carbocycles. The molecular formula is C31H34Cl2FN3O6S. The molecule has 0 unspecified atom stereocenters. The molecule has 236 valence electrons. The Morgan fingerprint density at radius 2 is 1.61 bits per heavy atom. The zero-order valence-corrected chi connectivity index (χ0v) is 26.9. The Hall–Kier alpha value is -3.54. The summed E-state index contributed by atoms with van der Waals surface area (Å²) in [7, 11) is -4.40. The molecule has 1 heterocycles. The molecule has 1 aliphatic rings. The highest BCUT2D eigenvalue weighted by molar-refractivity contribution is 7.92. The van der Waals surface area contributed by atoms with Gasteiger partial charge in [-0.25, -0.2) is 12.8 Å². The number of carbonyl (C=O) groups is 2. The van der Waals surface area contributed by atoms with Crippen LogP contribution in [0.25, 0.3) is 0 Å². The summed E-state index contributed by atoms with van der Waals surface area (Å²) in [5.74, 6) is -0.973. The minimum absolute atomic E-state index is 0.0521. The maximum Gasteiger partial charge on any atom is 0.264 e. The number of halogens is 3. The first-order valence-corrected chi connectivity index (χ1v) is 16.4. The van der Waals surface area contributed by atoms with Crippen LogP contribution >= 0.6 is 23.2 Å². The normalized spacial score (nSPS) is 14.0. The number of sulfonamides is 1. The summed E-state index contributed by atoms with van der Waals surface area (Å²) in [4.78, 5) is 28.8. The van der Waals surface area contributed by atoms with Gasteiger partial charge in [0.15, 0.2) is 11.5 Å². The van der Waals surface area contributed by atoms with E-state index in [1.807, 2.05) is 13.8 Å². The van der Waals surface area contributed by atoms with E-state index in [0.29, 0.717) is 29.4 Å². The van der Waals surface area contributed by atoms with E-state index in [1.54, 1.807) is 25.1 Å². The summed E-state index contributed by atoms with van der Waals surface area (Å²) in [6.45, 7) is 5.38. The lowest BCUT2D eigenvalue weighted by Gasteiger charge is -2.34. The number of ether oxygens (including phenoxy) is 2. The van der Waals surface area contributed by atoms with Gasteiger partial charge in [0.05, 0.1) is 20.6 Å². The van der Waals surface area contributed by atoms with Crippen molar-refractivity contribution >= 4 is 50.7 Å². The second-order valence-corrected chi connectivity index (χ2v) is 13.0. The Balaban J connectivity index is 1.75. The third-order valence-electron chi connectivity index (χ3n) is 7.22. The van der Waals surface area contributed by atoms with Gasteiger partial charge in [-0.2, -0.15) is 0 Å². The summed E-state index contributed by atoms with van der Waals surface area (Å²) < 4.78 is 54.1. The van der Waals surface area contributed by atoms with Crippen LogP contribution in [-0.4, -0.2) is 57.0 Å². The van der Waals surface area contributed by atoms with Crippen LogP contribution in [0.3, 0.4) is 0 Å². The number of hydrogen-bond acceptors (Lipinski definition) is 6. The average Bonchev–Trinajstić information content (AvgIpc) is 3.01. The first-order valence-electron chi connectivity index (χ1n) is 14.2. The number of anilines is 1. The zero-order valence-electron chi connectivity index (χ0n) is 24.6. The maximum atomic E-state index is 14.2. The molecule has 0 spiro atoms. The van der Waals surface area contributed by atoms with E-state index in [0.717, 1.165) is 16.4 Å². The van der Waals surface area contributed by atoms with Crippen LogP contribution in [0.1, 0.15) is 39.2 Å². The Kier molecular flexibility index (Phi) is 11.0. The highest BCUT2D eigenvalue weighted by atomic mass is 35.5. The summed E-state index contributed by atoms with van der Waals surface area (Å²) in [6, 6.07) is 12.7. The number of carbonyl (C=O) groups excluding carboxylic acids is 2. The van der Waals surface area contributed by atoms with E-state index in [9.17, 15) is 22.4 Å². The Labute approximate surface area is 266 Å². The van der Waals surface area contributed by atoms with Crippen molar-refractivity contribution in [1.29, 1.82) is 0 Å². The van der Waals surface area contributed by atoms with Crippen molar-refractivity contribution in [3.8, 4) is 11.5 Å². The second-order valence-electron chi connectivity index (χ2n) is 10.3. The summed E-state index contributed by atoms with van der Waals surface area (Å²) in [5, 5.41) is 3.51. The van der Waals surface area contributed by atoms with Gasteiger partial charge in [0.25, 0.3) is 10.0 Å². The first kappa shape index (κ1) is 33.4. The van der Waals surface area contributed by atoms with Gasteiger partial charge in [0.1, 0.15) is 31.6 Å². The maximum absolute atomic E-state index is 14.2. The number of fused-ring (bicyclic) bond motifs is 1. The second kappa shape index (κ2) is 14.5. The van der Waals surface area contributed by atoms with Gasteiger partial charge in [-0.3, -0.25) is 13.9 Å². The molecule has 2 amide bonds. The van der Waals surface area contributed by atoms with Crippen LogP contribution < -0.4 is 19.1 Å². The molecule has 0 aromatic heterocycles. The van der Waals surface area contributed by atoms with Gasteiger partial charge >= 0.3 is 0 Å². The van der Waals surface area contributed by atoms with E-state index in [-0.39, 0.29) is 52.9 Å². The van der Waals surface area contributed by atoms with Crippen LogP contribution in [-0.2, 0) is 26.2 Å². The third-order valence-corrected chi connectivity index (χ3v) is 9.73. The monoisotopic (exact) mass is 665 g/mol.